The molecule has 1 aliphatic heterocycles. The zero-order valence-corrected chi connectivity index (χ0v) is 12.3. The topological polar surface area (TPSA) is 104 Å². The van der Waals surface area contributed by atoms with E-state index in [1.807, 2.05) is 0 Å². The van der Waals surface area contributed by atoms with Crippen molar-refractivity contribution in [2.75, 3.05) is 19.7 Å². The van der Waals surface area contributed by atoms with Crippen LogP contribution in [0.2, 0.25) is 0 Å². The van der Waals surface area contributed by atoms with Crippen LogP contribution in [0, 0.1) is 0 Å². The van der Waals surface area contributed by atoms with Gasteiger partial charge in [0.25, 0.3) is 0 Å². The molecule has 7 nitrogen and oxygen atoms in total. The molecule has 116 valence electrons. The van der Waals surface area contributed by atoms with E-state index in [4.69, 9.17) is 9.84 Å². The summed E-state index contributed by atoms with van der Waals surface area (Å²) in [4.78, 5) is 10.5. The molecule has 0 radical (unpaired) electrons. The molecule has 1 unspecified atom stereocenters. The van der Waals surface area contributed by atoms with E-state index < -0.39 is 28.2 Å². The molecule has 21 heavy (non-hydrogen) atoms. The van der Waals surface area contributed by atoms with E-state index in [0.717, 1.165) is 0 Å². The molecule has 1 aromatic rings. The summed E-state index contributed by atoms with van der Waals surface area (Å²) < 4.78 is 30.9. The normalized spacial score (nSPS) is 23.1. The summed E-state index contributed by atoms with van der Waals surface area (Å²) in [5.74, 6) is -0.823. The predicted molar refractivity (Wildman–Crippen MR) is 73.6 cm³/mol. The molecule has 1 fully saturated rings. The molecule has 1 aliphatic rings. The molecule has 2 rings (SSSR count). The van der Waals surface area contributed by atoms with Crippen LogP contribution in [0.4, 0.5) is 0 Å². The van der Waals surface area contributed by atoms with Crippen molar-refractivity contribution in [1.29, 1.82) is 0 Å². The molecule has 1 aromatic carbocycles. The van der Waals surface area contributed by atoms with E-state index >= 15 is 0 Å². The molecule has 0 aromatic heterocycles. The van der Waals surface area contributed by atoms with Crippen molar-refractivity contribution in [1.82, 2.24) is 4.31 Å². The Balaban J connectivity index is 2.12. The number of ether oxygens (including phenoxy) is 1. The zero-order valence-electron chi connectivity index (χ0n) is 11.5. The van der Waals surface area contributed by atoms with Crippen molar-refractivity contribution in [2.24, 2.45) is 0 Å². The Morgan fingerprint density at radius 2 is 2.00 bits per heavy atom. The molecule has 1 atom stereocenters. The molecule has 0 aliphatic carbocycles. The van der Waals surface area contributed by atoms with Gasteiger partial charge in [0.05, 0.1) is 10.5 Å². The minimum Gasteiger partial charge on any atom is -0.482 e. The highest BCUT2D eigenvalue weighted by atomic mass is 32.2. The van der Waals surface area contributed by atoms with Crippen LogP contribution in [0.1, 0.15) is 13.3 Å². The van der Waals surface area contributed by atoms with Crippen LogP contribution in [-0.4, -0.2) is 54.2 Å². The second-order valence-corrected chi connectivity index (χ2v) is 7.18. The summed E-state index contributed by atoms with van der Waals surface area (Å²) in [6.45, 7) is 1.45. The van der Waals surface area contributed by atoms with Crippen molar-refractivity contribution in [2.45, 2.75) is 23.8 Å². The van der Waals surface area contributed by atoms with Gasteiger partial charge in [0.15, 0.2) is 6.61 Å². The summed E-state index contributed by atoms with van der Waals surface area (Å²) in [6.07, 6.45) is 0.395. The number of aliphatic carboxylic acids is 1. The highest BCUT2D eigenvalue weighted by Gasteiger charge is 2.38. The number of carboxylic acids is 1. The lowest BCUT2D eigenvalue weighted by atomic mass is 10.1. The van der Waals surface area contributed by atoms with Crippen molar-refractivity contribution in [3.8, 4) is 5.75 Å². The van der Waals surface area contributed by atoms with Crippen molar-refractivity contribution in [3.05, 3.63) is 24.3 Å². The number of aliphatic hydroxyl groups is 1. The standard InChI is InChI=1S/C13H17NO6S/c1-13(17)6-7-14(9-13)21(18,19)11-4-2-10(3-5-11)20-8-12(15)16/h2-5,17H,6-9H2,1H3,(H,15,16). The lowest BCUT2D eigenvalue weighted by Crippen LogP contribution is -2.33. The molecule has 0 spiro atoms. The fourth-order valence-electron chi connectivity index (χ4n) is 2.11. The van der Waals surface area contributed by atoms with Gasteiger partial charge in [-0.25, -0.2) is 13.2 Å². The molecule has 0 amide bonds. The third-order valence-corrected chi connectivity index (χ3v) is 5.10. The number of β-amino-alcohol motifs (C(OH)–C–C–N with tert-alkyl or cyclic N) is 1. The van der Waals surface area contributed by atoms with Gasteiger partial charge in [-0.2, -0.15) is 4.31 Å². The first-order chi connectivity index (χ1) is 9.71. The van der Waals surface area contributed by atoms with Crippen molar-refractivity contribution >= 4 is 16.0 Å². The summed E-state index contributed by atoms with van der Waals surface area (Å²) in [5, 5.41) is 18.4. The van der Waals surface area contributed by atoms with E-state index in [1.54, 1.807) is 6.92 Å². The SMILES string of the molecule is CC1(O)CCN(S(=O)(=O)c2ccc(OCC(=O)O)cc2)C1. The number of nitrogens with zero attached hydrogens (tertiary/aromatic N) is 1. The number of carboxylic acid groups (broad SMARTS) is 1. The van der Waals surface area contributed by atoms with Gasteiger partial charge in [-0.15, -0.1) is 0 Å². The average molecular weight is 315 g/mol. The minimum absolute atomic E-state index is 0.0621. The van der Waals surface area contributed by atoms with Crippen LogP contribution >= 0.6 is 0 Å². The Hall–Kier alpha value is -1.64. The number of sulfonamides is 1. The fourth-order valence-corrected chi connectivity index (χ4v) is 3.67. The molecule has 0 bridgehead atoms. The number of hydrogen-bond acceptors (Lipinski definition) is 5. The van der Waals surface area contributed by atoms with E-state index in [0.29, 0.717) is 6.42 Å². The first-order valence-corrected chi connectivity index (χ1v) is 7.82. The van der Waals surface area contributed by atoms with Crippen LogP contribution in [0.25, 0.3) is 0 Å². The second-order valence-electron chi connectivity index (χ2n) is 5.24. The number of carbonyl (C=O) groups is 1. The zero-order chi connectivity index (χ0) is 15.7. The number of benzene rings is 1. The van der Waals surface area contributed by atoms with E-state index in [2.05, 4.69) is 0 Å². The van der Waals surface area contributed by atoms with Gasteiger partial charge < -0.3 is 14.9 Å². The third-order valence-electron chi connectivity index (χ3n) is 3.24. The average Bonchev–Trinajstić information content (AvgIpc) is 2.78. The van der Waals surface area contributed by atoms with Gasteiger partial charge in [0.1, 0.15) is 5.75 Å². The van der Waals surface area contributed by atoms with E-state index in [9.17, 15) is 18.3 Å². The third kappa shape index (κ3) is 3.72. The second kappa shape index (κ2) is 5.63. The van der Waals surface area contributed by atoms with Gasteiger partial charge in [-0.3, -0.25) is 0 Å². The summed E-state index contributed by atoms with van der Waals surface area (Å²) in [6, 6.07) is 5.53. The maximum Gasteiger partial charge on any atom is 0.341 e. The summed E-state index contributed by atoms with van der Waals surface area (Å²) in [5.41, 5.74) is -1.00. The first kappa shape index (κ1) is 15.7. The van der Waals surface area contributed by atoms with Gasteiger partial charge >= 0.3 is 5.97 Å². The molecular formula is C13H17NO6S. The predicted octanol–water partition coefficient (Wildman–Crippen LogP) is 0.295. The van der Waals surface area contributed by atoms with E-state index in [-0.39, 0.29) is 23.7 Å². The minimum atomic E-state index is -3.66. The van der Waals surface area contributed by atoms with Crippen molar-refractivity contribution in [3.63, 3.8) is 0 Å². The lowest BCUT2D eigenvalue weighted by Gasteiger charge is -2.19. The maximum absolute atomic E-state index is 12.4. The smallest absolute Gasteiger partial charge is 0.341 e. The molecule has 0 saturated carbocycles. The molecule has 8 heteroatoms. The Morgan fingerprint density at radius 3 is 2.48 bits per heavy atom. The van der Waals surface area contributed by atoms with Crippen LogP contribution in [0.15, 0.2) is 29.2 Å². The van der Waals surface area contributed by atoms with Crippen molar-refractivity contribution < 1.29 is 28.2 Å². The quantitative estimate of drug-likeness (QED) is 0.809. The largest absolute Gasteiger partial charge is 0.482 e. The monoisotopic (exact) mass is 315 g/mol. The Kier molecular flexibility index (Phi) is 4.22. The van der Waals surface area contributed by atoms with Crippen LogP contribution in [0.3, 0.4) is 0 Å². The maximum atomic E-state index is 12.4. The summed E-state index contributed by atoms with van der Waals surface area (Å²) in [7, 11) is -3.66. The van der Waals surface area contributed by atoms with Gasteiger partial charge in [-0.05, 0) is 37.6 Å². The fraction of sp³-hybridized carbons (Fsp3) is 0.462. The lowest BCUT2D eigenvalue weighted by molar-refractivity contribution is -0.139. The molecular weight excluding hydrogens is 298 g/mol. The highest BCUT2D eigenvalue weighted by molar-refractivity contribution is 7.89. The first-order valence-electron chi connectivity index (χ1n) is 6.38. The van der Waals surface area contributed by atoms with E-state index in [1.165, 1.54) is 28.6 Å². The molecule has 1 heterocycles. The Morgan fingerprint density at radius 1 is 1.38 bits per heavy atom. The summed E-state index contributed by atoms with van der Waals surface area (Å²) >= 11 is 0. The highest BCUT2D eigenvalue weighted by Crippen LogP contribution is 2.27. The van der Waals surface area contributed by atoms with Crippen LogP contribution < -0.4 is 4.74 Å². The van der Waals surface area contributed by atoms with Gasteiger partial charge in [-0.1, -0.05) is 0 Å². The molecule has 2 N–H and O–H groups in total. The van der Waals surface area contributed by atoms with Crippen LogP contribution in [0.5, 0.6) is 5.75 Å². The number of hydrogen-bond donors (Lipinski definition) is 2. The van der Waals surface area contributed by atoms with Gasteiger partial charge in [0.2, 0.25) is 10.0 Å². The Bertz CT molecular complexity index is 623. The number of rotatable bonds is 5. The van der Waals surface area contributed by atoms with Crippen LogP contribution in [-0.2, 0) is 14.8 Å². The van der Waals surface area contributed by atoms with Gasteiger partial charge in [0, 0.05) is 13.1 Å². The Labute approximate surface area is 122 Å². The molecule has 1 saturated heterocycles.